The maximum atomic E-state index is 12.5. The van der Waals surface area contributed by atoms with Crippen LogP contribution in [0.2, 0.25) is 5.02 Å². The number of thiazole rings is 1. The molecule has 116 valence electrons. The Kier molecular flexibility index (Phi) is 4.79. The maximum Gasteiger partial charge on any atom is 0.251 e. The van der Waals surface area contributed by atoms with Crippen molar-refractivity contribution >= 4 is 39.1 Å². The Morgan fingerprint density at radius 3 is 2.91 bits per heavy atom. The van der Waals surface area contributed by atoms with Crippen molar-refractivity contribution in [2.75, 3.05) is 0 Å². The first-order valence-corrected chi connectivity index (χ1v) is 8.87. The summed E-state index contributed by atoms with van der Waals surface area (Å²) in [5, 5.41) is 0.683. The summed E-state index contributed by atoms with van der Waals surface area (Å²) in [4.78, 5) is 17.6. The lowest BCUT2D eigenvalue weighted by atomic mass is 9.89. The van der Waals surface area contributed by atoms with E-state index in [1.165, 1.54) is 17.8 Å². The Morgan fingerprint density at radius 2 is 2.18 bits per heavy atom. The first-order chi connectivity index (χ1) is 10.7. The SMILES string of the molecule is C=CCn1c(=NC(=O)C2CCCCC2)sc2cccc(Cl)c21. The summed E-state index contributed by atoms with van der Waals surface area (Å²) >= 11 is 7.84. The number of hydrogen-bond acceptors (Lipinski definition) is 2. The average Bonchev–Trinajstić information content (AvgIpc) is 2.87. The molecule has 2 aromatic rings. The van der Waals surface area contributed by atoms with Crippen LogP contribution in [-0.4, -0.2) is 10.5 Å². The molecule has 0 atom stereocenters. The van der Waals surface area contributed by atoms with Crippen LogP contribution < -0.4 is 4.80 Å². The van der Waals surface area contributed by atoms with Gasteiger partial charge in [0.15, 0.2) is 4.80 Å². The van der Waals surface area contributed by atoms with Gasteiger partial charge in [0.2, 0.25) is 0 Å². The summed E-state index contributed by atoms with van der Waals surface area (Å²) < 4.78 is 3.03. The minimum atomic E-state index is 0.0141. The molecule has 3 rings (SSSR count). The number of carbonyl (C=O) groups is 1. The van der Waals surface area contributed by atoms with Crippen molar-refractivity contribution < 1.29 is 4.79 Å². The van der Waals surface area contributed by atoms with Crippen molar-refractivity contribution in [2.24, 2.45) is 10.9 Å². The van der Waals surface area contributed by atoms with Crippen molar-refractivity contribution in [3.8, 4) is 0 Å². The van der Waals surface area contributed by atoms with Crippen molar-refractivity contribution in [1.29, 1.82) is 0 Å². The molecule has 0 saturated heterocycles. The third-order valence-electron chi connectivity index (χ3n) is 4.12. The highest BCUT2D eigenvalue weighted by atomic mass is 35.5. The van der Waals surface area contributed by atoms with E-state index in [0.29, 0.717) is 11.6 Å². The van der Waals surface area contributed by atoms with Crippen LogP contribution in [0.5, 0.6) is 0 Å². The summed E-state index contributed by atoms with van der Waals surface area (Å²) in [6.07, 6.45) is 7.25. The Balaban J connectivity index is 2.07. The molecule has 5 heteroatoms. The molecular weight excluding hydrogens is 316 g/mol. The molecule has 1 amide bonds. The van der Waals surface area contributed by atoms with Gasteiger partial charge >= 0.3 is 0 Å². The van der Waals surface area contributed by atoms with Gasteiger partial charge in [0.1, 0.15) is 0 Å². The van der Waals surface area contributed by atoms with Crippen LogP contribution in [0.3, 0.4) is 0 Å². The highest BCUT2D eigenvalue weighted by Crippen LogP contribution is 2.27. The lowest BCUT2D eigenvalue weighted by Gasteiger charge is -2.17. The molecule has 1 aromatic carbocycles. The number of carbonyl (C=O) groups excluding carboxylic acids is 1. The molecule has 0 unspecified atom stereocenters. The Bertz CT molecular complexity index is 769. The minimum absolute atomic E-state index is 0.0141. The van der Waals surface area contributed by atoms with Crippen LogP contribution in [0, 0.1) is 5.92 Å². The first-order valence-electron chi connectivity index (χ1n) is 7.68. The van der Waals surface area contributed by atoms with Crippen LogP contribution in [0.15, 0.2) is 35.8 Å². The van der Waals surface area contributed by atoms with Gasteiger partial charge in [-0.25, -0.2) is 0 Å². The van der Waals surface area contributed by atoms with Crippen LogP contribution >= 0.6 is 22.9 Å². The van der Waals surface area contributed by atoms with E-state index in [0.717, 1.165) is 40.7 Å². The predicted molar refractivity (Wildman–Crippen MR) is 92.2 cm³/mol. The van der Waals surface area contributed by atoms with Crippen LogP contribution in [-0.2, 0) is 11.3 Å². The zero-order valence-corrected chi connectivity index (χ0v) is 14.0. The number of allylic oxidation sites excluding steroid dienone is 1. The summed E-state index contributed by atoms with van der Waals surface area (Å²) in [6, 6.07) is 5.80. The monoisotopic (exact) mass is 334 g/mol. The van der Waals surface area contributed by atoms with Crippen LogP contribution in [0.25, 0.3) is 10.2 Å². The smallest absolute Gasteiger partial charge is 0.251 e. The molecule has 1 aliphatic rings. The molecule has 0 spiro atoms. The topological polar surface area (TPSA) is 34.4 Å². The van der Waals surface area contributed by atoms with E-state index in [-0.39, 0.29) is 11.8 Å². The van der Waals surface area contributed by atoms with Crippen LogP contribution in [0.1, 0.15) is 32.1 Å². The predicted octanol–water partition coefficient (Wildman–Crippen LogP) is 4.55. The van der Waals surface area contributed by atoms with Gasteiger partial charge < -0.3 is 4.57 Å². The molecule has 1 fully saturated rings. The first kappa shape index (κ1) is 15.5. The minimum Gasteiger partial charge on any atom is -0.311 e. The largest absolute Gasteiger partial charge is 0.311 e. The number of fused-ring (bicyclic) bond motifs is 1. The van der Waals surface area contributed by atoms with Gasteiger partial charge in [-0.15, -0.1) is 6.58 Å². The van der Waals surface area contributed by atoms with Crippen LogP contribution in [0.4, 0.5) is 0 Å². The Labute approximate surface area is 138 Å². The van der Waals surface area contributed by atoms with E-state index in [2.05, 4.69) is 11.6 Å². The zero-order chi connectivity index (χ0) is 15.5. The number of nitrogens with zero attached hydrogens (tertiary/aromatic N) is 2. The third kappa shape index (κ3) is 3.03. The second kappa shape index (κ2) is 6.80. The number of rotatable bonds is 3. The third-order valence-corrected chi connectivity index (χ3v) is 5.47. The highest BCUT2D eigenvalue weighted by molar-refractivity contribution is 7.16. The second-order valence-electron chi connectivity index (χ2n) is 5.66. The number of amides is 1. The fraction of sp³-hybridized carbons (Fsp3) is 0.412. The molecular formula is C17H19ClN2OS. The molecule has 1 aromatic heterocycles. The number of benzene rings is 1. The van der Waals surface area contributed by atoms with E-state index < -0.39 is 0 Å². The fourth-order valence-corrected chi connectivity index (χ4v) is 4.41. The van der Waals surface area contributed by atoms with Crippen molar-refractivity contribution in [3.63, 3.8) is 0 Å². The van der Waals surface area contributed by atoms with Gasteiger partial charge in [-0.2, -0.15) is 4.99 Å². The summed E-state index contributed by atoms with van der Waals surface area (Å²) in [7, 11) is 0. The second-order valence-corrected chi connectivity index (χ2v) is 7.07. The molecule has 22 heavy (non-hydrogen) atoms. The lowest BCUT2D eigenvalue weighted by molar-refractivity contribution is -0.122. The van der Waals surface area contributed by atoms with E-state index >= 15 is 0 Å². The number of para-hydroxylation sites is 1. The summed E-state index contributed by atoms with van der Waals surface area (Å²) in [5.41, 5.74) is 0.935. The van der Waals surface area contributed by atoms with Gasteiger partial charge in [-0.3, -0.25) is 4.79 Å². The number of hydrogen-bond donors (Lipinski definition) is 0. The molecule has 0 bridgehead atoms. The maximum absolute atomic E-state index is 12.5. The lowest BCUT2D eigenvalue weighted by Crippen LogP contribution is -2.21. The van der Waals surface area contributed by atoms with Crippen molar-refractivity contribution in [3.05, 3.63) is 40.7 Å². The number of halogens is 1. The van der Waals surface area contributed by atoms with Gasteiger partial charge in [0, 0.05) is 12.5 Å². The molecule has 0 aliphatic heterocycles. The normalized spacial score (nSPS) is 17.0. The van der Waals surface area contributed by atoms with E-state index in [1.807, 2.05) is 22.8 Å². The summed E-state index contributed by atoms with van der Waals surface area (Å²) in [5.74, 6) is 0.104. The summed E-state index contributed by atoms with van der Waals surface area (Å²) in [6.45, 7) is 4.39. The molecule has 1 heterocycles. The van der Waals surface area contributed by atoms with Crippen molar-refractivity contribution in [1.82, 2.24) is 4.57 Å². The van der Waals surface area contributed by atoms with Gasteiger partial charge in [-0.1, -0.05) is 54.3 Å². The average molecular weight is 335 g/mol. The van der Waals surface area contributed by atoms with E-state index in [4.69, 9.17) is 11.6 Å². The Morgan fingerprint density at radius 1 is 1.41 bits per heavy atom. The molecule has 3 nitrogen and oxygen atoms in total. The van der Waals surface area contributed by atoms with E-state index in [1.54, 1.807) is 6.08 Å². The molecule has 1 saturated carbocycles. The highest BCUT2D eigenvalue weighted by Gasteiger charge is 2.21. The standard InChI is InChI=1S/C17H19ClN2OS/c1-2-11-20-15-13(18)9-6-10-14(15)22-17(20)19-16(21)12-7-4-3-5-8-12/h2,6,9-10,12H,1,3-5,7-8,11H2. The fourth-order valence-electron chi connectivity index (χ4n) is 3.01. The molecule has 1 aliphatic carbocycles. The zero-order valence-electron chi connectivity index (χ0n) is 12.4. The Hall–Kier alpha value is -1.39. The van der Waals surface area contributed by atoms with Gasteiger partial charge in [0.05, 0.1) is 15.2 Å². The van der Waals surface area contributed by atoms with Crippen molar-refractivity contribution in [2.45, 2.75) is 38.6 Å². The van der Waals surface area contributed by atoms with Gasteiger partial charge in [-0.05, 0) is 25.0 Å². The molecule has 0 N–H and O–H groups in total. The quantitative estimate of drug-likeness (QED) is 0.758. The van der Waals surface area contributed by atoms with E-state index in [9.17, 15) is 4.79 Å². The molecule has 0 radical (unpaired) electrons. The van der Waals surface area contributed by atoms with Gasteiger partial charge in [0.25, 0.3) is 5.91 Å². The number of aromatic nitrogens is 1.